The van der Waals surface area contributed by atoms with Crippen LogP contribution in [0.5, 0.6) is 0 Å². The number of morpholine rings is 1. The number of amides is 1. The quantitative estimate of drug-likeness (QED) is 0.883. The van der Waals surface area contributed by atoms with E-state index in [2.05, 4.69) is 22.1 Å². The number of rotatable bonds is 4. The molecule has 0 radical (unpaired) electrons. The molecule has 0 aliphatic carbocycles. The highest BCUT2D eigenvalue weighted by Crippen LogP contribution is 2.31. The molecule has 5 nitrogen and oxygen atoms in total. The van der Waals surface area contributed by atoms with E-state index in [1.165, 1.54) is 0 Å². The van der Waals surface area contributed by atoms with Crippen molar-refractivity contribution in [2.24, 2.45) is 5.92 Å². The summed E-state index contributed by atoms with van der Waals surface area (Å²) in [5.74, 6) is 0.104. The molecule has 2 aliphatic heterocycles. The van der Waals surface area contributed by atoms with Crippen LogP contribution in [0.2, 0.25) is 0 Å². The smallest absolute Gasteiger partial charge is 0.226 e. The van der Waals surface area contributed by atoms with E-state index in [-0.39, 0.29) is 24.0 Å². The SMILES string of the molecule is CCN1C[C@H]2C[C@H](C(=O)NCc3cccnc3)[C@@H](C1)O2. The topological polar surface area (TPSA) is 54.5 Å². The third-order valence-electron chi connectivity index (χ3n) is 4.21. The van der Waals surface area contributed by atoms with E-state index < -0.39 is 0 Å². The number of likely N-dealkylation sites (N-methyl/N-ethyl adjacent to an activating group) is 1. The summed E-state index contributed by atoms with van der Waals surface area (Å²) in [6.45, 7) is 5.55. The highest BCUT2D eigenvalue weighted by atomic mass is 16.5. The number of nitrogens with zero attached hydrogens (tertiary/aromatic N) is 2. The number of pyridine rings is 1. The number of fused-ring (bicyclic) bond motifs is 2. The Balaban J connectivity index is 1.56. The van der Waals surface area contributed by atoms with Crippen LogP contribution < -0.4 is 5.32 Å². The van der Waals surface area contributed by atoms with Crippen LogP contribution in [-0.2, 0) is 16.1 Å². The predicted octanol–water partition coefficient (Wildman–Crippen LogP) is 0.807. The third-order valence-corrected chi connectivity index (χ3v) is 4.21. The van der Waals surface area contributed by atoms with Gasteiger partial charge in [0, 0.05) is 32.0 Å². The molecule has 2 fully saturated rings. The van der Waals surface area contributed by atoms with Gasteiger partial charge in [-0.1, -0.05) is 13.0 Å². The van der Waals surface area contributed by atoms with Crippen LogP contribution in [0.1, 0.15) is 18.9 Å². The van der Waals surface area contributed by atoms with E-state index in [1.54, 1.807) is 12.4 Å². The average molecular weight is 275 g/mol. The van der Waals surface area contributed by atoms with Crippen molar-refractivity contribution in [3.05, 3.63) is 30.1 Å². The first-order valence-electron chi connectivity index (χ1n) is 7.30. The minimum atomic E-state index is -0.00628. The summed E-state index contributed by atoms with van der Waals surface area (Å²) in [6.07, 6.45) is 4.65. The highest BCUT2D eigenvalue weighted by Gasteiger charge is 2.44. The molecule has 0 unspecified atom stereocenters. The van der Waals surface area contributed by atoms with Crippen molar-refractivity contribution in [3.63, 3.8) is 0 Å². The first kappa shape index (κ1) is 13.5. The van der Waals surface area contributed by atoms with Crippen LogP contribution in [0, 0.1) is 5.92 Å². The lowest BCUT2D eigenvalue weighted by atomic mass is 9.99. The minimum Gasteiger partial charge on any atom is -0.371 e. The number of hydrogen-bond acceptors (Lipinski definition) is 4. The van der Waals surface area contributed by atoms with Crippen LogP contribution in [0.15, 0.2) is 24.5 Å². The Morgan fingerprint density at radius 2 is 2.45 bits per heavy atom. The summed E-state index contributed by atoms with van der Waals surface area (Å²) in [4.78, 5) is 18.7. The normalized spacial score (nSPS) is 29.4. The molecule has 3 rings (SSSR count). The van der Waals surface area contributed by atoms with Gasteiger partial charge < -0.3 is 10.1 Å². The second-order valence-electron chi connectivity index (χ2n) is 5.57. The number of carbonyl (C=O) groups is 1. The van der Waals surface area contributed by atoms with Gasteiger partial charge >= 0.3 is 0 Å². The van der Waals surface area contributed by atoms with Gasteiger partial charge in [-0.3, -0.25) is 14.7 Å². The van der Waals surface area contributed by atoms with Crippen molar-refractivity contribution in [3.8, 4) is 0 Å². The molecule has 1 aromatic heterocycles. The molecular formula is C15H21N3O2. The first-order valence-corrected chi connectivity index (χ1v) is 7.30. The van der Waals surface area contributed by atoms with Gasteiger partial charge in [-0.25, -0.2) is 0 Å². The molecule has 1 N–H and O–H groups in total. The minimum absolute atomic E-state index is 0.00628. The Morgan fingerprint density at radius 1 is 1.55 bits per heavy atom. The van der Waals surface area contributed by atoms with Crippen molar-refractivity contribution >= 4 is 5.91 Å². The number of carbonyl (C=O) groups excluding carboxylic acids is 1. The lowest BCUT2D eigenvalue weighted by molar-refractivity contribution is -0.128. The van der Waals surface area contributed by atoms with Crippen LogP contribution in [0.4, 0.5) is 0 Å². The summed E-state index contributed by atoms with van der Waals surface area (Å²) in [5.41, 5.74) is 1.03. The van der Waals surface area contributed by atoms with Gasteiger partial charge in [0.1, 0.15) is 0 Å². The summed E-state index contributed by atoms with van der Waals surface area (Å²) >= 11 is 0. The second-order valence-corrected chi connectivity index (χ2v) is 5.57. The molecule has 2 bridgehead atoms. The molecule has 108 valence electrons. The van der Waals surface area contributed by atoms with Gasteiger partial charge in [-0.15, -0.1) is 0 Å². The largest absolute Gasteiger partial charge is 0.371 e. The Hall–Kier alpha value is -1.46. The average Bonchev–Trinajstić information content (AvgIpc) is 2.80. The molecule has 0 saturated carbocycles. The van der Waals surface area contributed by atoms with Gasteiger partial charge in [0.2, 0.25) is 5.91 Å². The highest BCUT2D eigenvalue weighted by molar-refractivity contribution is 5.79. The number of aromatic nitrogens is 1. The maximum absolute atomic E-state index is 12.3. The summed E-state index contributed by atoms with van der Waals surface area (Å²) < 4.78 is 5.90. The lowest BCUT2D eigenvalue weighted by Crippen LogP contribution is -2.45. The number of ether oxygens (including phenoxy) is 1. The molecular weight excluding hydrogens is 254 g/mol. The number of hydrogen-bond donors (Lipinski definition) is 1. The van der Waals surface area contributed by atoms with Crippen LogP contribution in [0.25, 0.3) is 0 Å². The van der Waals surface area contributed by atoms with E-state index in [9.17, 15) is 4.79 Å². The number of likely N-dealkylation sites (tertiary alicyclic amines) is 1. The fraction of sp³-hybridized carbons (Fsp3) is 0.600. The maximum Gasteiger partial charge on any atom is 0.226 e. The fourth-order valence-corrected chi connectivity index (χ4v) is 3.09. The molecule has 5 heteroatoms. The second kappa shape index (κ2) is 5.89. The molecule has 0 spiro atoms. The van der Waals surface area contributed by atoms with E-state index in [0.717, 1.165) is 31.6 Å². The van der Waals surface area contributed by atoms with Crippen LogP contribution in [0.3, 0.4) is 0 Å². The Morgan fingerprint density at radius 3 is 3.20 bits per heavy atom. The summed E-state index contributed by atoms with van der Waals surface area (Å²) in [7, 11) is 0. The van der Waals surface area contributed by atoms with Gasteiger partial charge in [0.05, 0.1) is 18.1 Å². The van der Waals surface area contributed by atoms with Crippen molar-refractivity contribution < 1.29 is 9.53 Å². The Kier molecular flexibility index (Phi) is 3.98. The van der Waals surface area contributed by atoms with Crippen LogP contribution in [-0.4, -0.2) is 47.6 Å². The number of nitrogens with one attached hydrogen (secondary N) is 1. The molecule has 2 aliphatic rings. The maximum atomic E-state index is 12.3. The monoisotopic (exact) mass is 275 g/mol. The van der Waals surface area contributed by atoms with E-state index in [0.29, 0.717) is 6.54 Å². The van der Waals surface area contributed by atoms with Gasteiger partial charge in [0.15, 0.2) is 0 Å². The zero-order chi connectivity index (χ0) is 13.9. The van der Waals surface area contributed by atoms with Gasteiger partial charge in [-0.2, -0.15) is 0 Å². The Labute approximate surface area is 119 Å². The molecule has 1 amide bonds. The molecule has 2 saturated heterocycles. The van der Waals surface area contributed by atoms with E-state index in [1.807, 2.05) is 12.1 Å². The van der Waals surface area contributed by atoms with Crippen molar-refractivity contribution in [1.82, 2.24) is 15.2 Å². The van der Waals surface area contributed by atoms with E-state index >= 15 is 0 Å². The Bertz CT molecular complexity index is 465. The lowest BCUT2D eigenvalue weighted by Gasteiger charge is -2.31. The third kappa shape index (κ3) is 2.83. The molecule has 3 heterocycles. The summed E-state index contributed by atoms with van der Waals surface area (Å²) in [5, 5.41) is 3.01. The molecule has 0 aromatic carbocycles. The predicted molar refractivity (Wildman–Crippen MR) is 75.0 cm³/mol. The van der Waals surface area contributed by atoms with Crippen LogP contribution >= 0.6 is 0 Å². The first-order chi connectivity index (χ1) is 9.76. The molecule has 1 aromatic rings. The van der Waals surface area contributed by atoms with Crippen molar-refractivity contribution in [2.75, 3.05) is 19.6 Å². The van der Waals surface area contributed by atoms with Gasteiger partial charge in [-0.05, 0) is 24.6 Å². The zero-order valence-electron chi connectivity index (χ0n) is 11.8. The fourth-order valence-electron chi connectivity index (χ4n) is 3.09. The standard InChI is InChI=1S/C15H21N3O2/c1-2-18-9-12-6-13(14(10-18)20-12)15(19)17-8-11-4-3-5-16-7-11/h3-5,7,12-14H,2,6,8-10H2,1H3,(H,17,19)/t12-,13+,14-/m1/s1. The molecule has 3 atom stereocenters. The summed E-state index contributed by atoms with van der Waals surface area (Å²) in [6, 6.07) is 3.85. The van der Waals surface area contributed by atoms with Gasteiger partial charge in [0.25, 0.3) is 0 Å². The zero-order valence-corrected chi connectivity index (χ0v) is 11.8. The van der Waals surface area contributed by atoms with E-state index in [4.69, 9.17) is 4.74 Å². The van der Waals surface area contributed by atoms with Crippen molar-refractivity contribution in [1.29, 1.82) is 0 Å². The molecule has 20 heavy (non-hydrogen) atoms. The van der Waals surface area contributed by atoms with Crippen molar-refractivity contribution in [2.45, 2.75) is 32.1 Å².